The van der Waals surface area contributed by atoms with Crippen LogP contribution in [0.2, 0.25) is 0 Å². The van der Waals surface area contributed by atoms with Crippen LogP contribution >= 0.6 is 0 Å². The summed E-state index contributed by atoms with van der Waals surface area (Å²) in [6, 6.07) is 7.91. The Kier molecular flexibility index (Phi) is 3.36. The van der Waals surface area contributed by atoms with Gasteiger partial charge in [-0.3, -0.25) is 9.98 Å². The van der Waals surface area contributed by atoms with Gasteiger partial charge in [-0.15, -0.1) is 0 Å². The van der Waals surface area contributed by atoms with Gasteiger partial charge in [-0.25, -0.2) is 4.98 Å². The molecule has 5 nitrogen and oxygen atoms in total. The van der Waals surface area contributed by atoms with Gasteiger partial charge in [0.15, 0.2) is 0 Å². The van der Waals surface area contributed by atoms with E-state index >= 15 is 0 Å². The van der Waals surface area contributed by atoms with Crippen molar-refractivity contribution in [3.8, 4) is 0 Å². The minimum atomic E-state index is 0.700. The minimum absolute atomic E-state index is 0.700. The molecule has 5 heteroatoms. The summed E-state index contributed by atoms with van der Waals surface area (Å²) >= 11 is 0. The van der Waals surface area contributed by atoms with Crippen LogP contribution in [0.15, 0.2) is 47.8 Å². The Balaban J connectivity index is 1.77. The molecule has 0 unspecified atom stereocenters. The molecule has 0 amide bonds. The van der Waals surface area contributed by atoms with Crippen LogP contribution in [0.4, 0.5) is 5.82 Å². The Labute approximate surface area is 111 Å². The molecule has 2 N–H and O–H groups in total. The minimum Gasteiger partial charge on any atom is -0.368 e. The molecule has 2 aromatic rings. The molecule has 2 aromatic heterocycles. The molecule has 19 heavy (non-hydrogen) atoms. The number of hydrogen-bond acceptors (Lipinski definition) is 5. The molecule has 0 saturated heterocycles. The number of rotatable bonds is 4. The molecular weight excluding hydrogens is 238 g/mol. The Morgan fingerprint density at radius 3 is 2.95 bits per heavy atom. The fourth-order valence-corrected chi connectivity index (χ4v) is 2.00. The first-order valence-electron chi connectivity index (χ1n) is 6.30. The van der Waals surface area contributed by atoms with Crippen LogP contribution in [-0.2, 0) is 6.54 Å². The largest absolute Gasteiger partial charge is 0.368 e. The summed E-state index contributed by atoms with van der Waals surface area (Å²) < 4.78 is 0. The first-order valence-corrected chi connectivity index (χ1v) is 6.30. The fourth-order valence-electron chi connectivity index (χ4n) is 2.00. The lowest BCUT2D eigenvalue weighted by Gasteiger charge is -2.11. The fraction of sp³-hybridized carbons (Fsp3) is 0.214. The summed E-state index contributed by atoms with van der Waals surface area (Å²) in [6.45, 7) is 2.42. The summed E-state index contributed by atoms with van der Waals surface area (Å²) in [6.07, 6.45) is 5.40. The van der Waals surface area contributed by atoms with Crippen LogP contribution in [0.3, 0.4) is 0 Å². The zero-order chi connectivity index (χ0) is 12.9. The van der Waals surface area contributed by atoms with Crippen molar-refractivity contribution in [2.45, 2.75) is 6.54 Å². The third-order valence-corrected chi connectivity index (χ3v) is 2.92. The van der Waals surface area contributed by atoms with E-state index in [-0.39, 0.29) is 0 Å². The zero-order valence-electron chi connectivity index (χ0n) is 10.5. The average molecular weight is 253 g/mol. The van der Waals surface area contributed by atoms with Gasteiger partial charge in [0.1, 0.15) is 11.7 Å². The second kappa shape index (κ2) is 5.48. The molecule has 3 rings (SSSR count). The molecule has 0 atom stereocenters. The van der Waals surface area contributed by atoms with Gasteiger partial charge >= 0.3 is 0 Å². The lowest BCUT2D eigenvalue weighted by molar-refractivity contribution is 0.959. The molecular formula is C14H15N5. The summed E-state index contributed by atoms with van der Waals surface area (Å²) in [5.74, 6) is 1.77. The summed E-state index contributed by atoms with van der Waals surface area (Å²) in [5, 5.41) is 6.60. The second-order valence-corrected chi connectivity index (χ2v) is 4.27. The highest BCUT2D eigenvalue weighted by Gasteiger charge is 2.12. The standard InChI is InChI=1S/C14H15N5/c1-3-11(9-15-5-1)10-19-14-12(4-2-6-16-14)13-17-7-8-18-13/h1-6,9H,7-8,10H2,(H,16,19)(H,17,18). The van der Waals surface area contributed by atoms with E-state index in [4.69, 9.17) is 0 Å². The quantitative estimate of drug-likeness (QED) is 0.865. The van der Waals surface area contributed by atoms with Crippen molar-refractivity contribution in [2.24, 2.45) is 4.99 Å². The topological polar surface area (TPSA) is 62.2 Å². The molecule has 0 radical (unpaired) electrons. The maximum absolute atomic E-state index is 4.43. The zero-order valence-corrected chi connectivity index (χ0v) is 10.5. The Morgan fingerprint density at radius 2 is 2.16 bits per heavy atom. The Bertz CT molecular complexity index is 579. The Morgan fingerprint density at radius 1 is 1.21 bits per heavy atom. The van der Waals surface area contributed by atoms with Crippen molar-refractivity contribution in [1.82, 2.24) is 15.3 Å². The normalized spacial score (nSPS) is 13.8. The van der Waals surface area contributed by atoms with E-state index in [0.29, 0.717) is 6.54 Å². The lowest BCUT2D eigenvalue weighted by atomic mass is 10.2. The number of nitrogens with zero attached hydrogens (tertiary/aromatic N) is 3. The van der Waals surface area contributed by atoms with E-state index in [2.05, 4.69) is 25.6 Å². The smallest absolute Gasteiger partial charge is 0.137 e. The van der Waals surface area contributed by atoms with E-state index in [1.54, 1.807) is 12.4 Å². The van der Waals surface area contributed by atoms with Gasteiger partial charge in [0.05, 0.1) is 12.1 Å². The van der Waals surface area contributed by atoms with Gasteiger partial charge in [0, 0.05) is 31.7 Å². The number of aliphatic imine (C=N–C) groups is 1. The van der Waals surface area contributed by atoms with Gasteiger partial charge in [-0.05, 0) is 23.8 Å². The van der Waals surface area contributed by atoms with Crippen molar-refractivity contribution in [3.63, 3.8) is 0 Å². The van der Waals surface area contributed by atoms with Gasteiger partial charge < -0.3 is 10.6 Å². The van der Waals surface area contributed by atoms with Gasteiger partial charge in [0.2, 0.25) is 0 Å². The van der Waals surface area contributed by atoms with Crippen molar-refractivity contribution in [3.05, 3.63) is 54.0 Å². The third kappa shape index (κ3) is 2.70. The van der Waals surface area contributed by atoms with Gasteiger partial charge in [-0.1, -0.05) is 6.07 Å². The molecule has 1 aliphatic heterocycles. The summed E-state index contributed by atoms with van der Waals surface area (Å²) in [7, 11) is 0. The predicted octanol–water partition coefficient (Wildman–Crippen LogP) is 1.44. The van der Waals surface area contributed by atoms with Gasteiger partial charge in [-0.2, -0.15) is 0 Å². The predicted molar refractivity (Wildman–Crippen MR) is 75.2 cm³/mol. The molecule has 0 aliphatic carbocycles. The number of nitrogens with one attached hydrogen (secondary N) is 2. The molecule has 3 heterocycles. The van der Waals surface area contributed by atoms with E-state index in [9.17, 15) is 0 Å². The highest BCUT2D eigenvalue weighted by molar-refractivity contribution is 6.03. The van der Waals surface area contributed by atoms with E-state index in [1.807, 2.05) is 30.5 Å². The first kappa shape index (κ1) is 11.6. The molecule has 0 aromatic carbocycles. The van der Waals surface area contributed by atoms with Crippen LogP contribution < -0.4 is 10.6 Å². The van der Waals surface area contributed by atoms with Crippen LogP contribution in [0.1, 0.15) is 11.1 Å². The van der Waals surface area contributed by atoms with Crippen molar-refractivity contribution < 1.29 is 0 Å². The number of pyridine rings is 2. The van der Waals surface area contributed by atoms with E-state index < -0.39 is 0 Å². The molecule has 0 spiro atoms. The maximum Gasteiger partial charge on any atom is 0.137 e. The molecule has 0 fully saturated rings. The lowest BCUT2D eigenvalue weighted by Crippen LogP contribution is -2.21. The van der Waals surface area contributed by atoms with Crippen molar-refractivity contribution in [2.75, 3.05) is 18.4 Å². The van der Waals surface area contributed by atoms with E-state index in [1.165, 1.54) is 0 Å². The summed E-state index contributed by atoms with van der Waals surface area (Å²) in [5.41, 5.74) is 2.14. The van der Waals surface area contributed by atoms with Crippen LogP contribution in [0.25, 0.3) is 0 Å². The SMILES string of the molecule is c1cncc(CNc2ncccc2C2=NCCN2)c1. The molecule has 0 saturated carbocycles. The van der Waals surface area contributed by atoms with Crippen molar-refractivity contribution in [1.29, 1.82) is 0 Å². The number of amidine groups is 1. The highest BCUT2D eigenvalue weighted by Crippen LogP contribution is 2.14. The number of anilines is 1. The summed E-state index contributed by atoms with van der Waals surface area (Å²) in [4.78, 5) is 12.9. The molecule has 0 bridgehead atoms. The van der Waals surface area contributed by atoms with Crippen molar-refractivity contribution >= 4 is 11.7 Å². The molecule has 96 valence electrons. The Hall–Kier alpha value is -2.43. The monoisotopic (exact) mass is 253 g/mol. The third-order valence-electron chi connectivity index (χ3n) is 2.92. The maximum atomic E-state index is 4.43. The van der Waals surface area contributed by atoms with Crippen LogP contribution in [-0.4, -0.2) is 28.9 Å². The van der Waals surface area contributed by atoms with E-state index in [0.717, 1.165) is 35.9 Å². The second-order valence-electron chi connectivity index (χ2n) is 4.27. The first-order chi connectivity index (χ1) is 9.43. The number of aromatic nitrogens is 2. The van der Waals surface area contributed by atoms with Gasteiger partial charge in [0.25, 0.3) is 0 Å². The van der Waals surface area contributed by atoms with Crippen LogP contribution in [0.5, 0.6) is 0 Å². The average Bonchev–Trinajstić information content (AvgIpc) is 3.01. The molecule has 1 aliphatic rings. The highest BCUT2D eigenvalue weighted by atomic mass is 15.1. The van der Waals surface area contributed by atoms with Crippen LogP contribution in [0, 0.1) is 0 Å². The number of hydrogen-bond donors (Lipinski definition) is 2.